The van der Waals surface area contributed by atoms with Crippen LogP contribution in [0.25, 0.3) is 0 Å². The number of sulfonamides is 1. The molecule has 0 aliphatic rings. The highest BCUT2D eigenvalue weighted by Crippen LogP contribution is 2.27. The molecule has 34 heavy (non-hydrogen) atoms. The van der Waals surface area contributed by atoms with Crippen LogP contribution in [0.1, 0.15) is 18.1 Å². The molecule has 0 radical (unpaired) electrons. The molecule has 0 saturated heterocycles. The van der Waals surface area contributed by atoms with Crippen molar-refractivity contribution in [3.8, 4) is 5.75 Å². The van der Waals surface area contributed by atoms with Crippen LogP contribution < -0.4 is 14.4 Å². The third-order valence-corrected chi connectivity index (χ3v) is 7.08. The van der Waals surface area contributed by atoms with Crippen LogP contribution in [-0.2, 0) is 14.8 Å². The fraction of sp³-hybridized carbons (Fsp3) is 0.208. The lowest BCUT2D eigenvalue weighted by Gasteiger charge is -2.23. The number of nitro groups is 1. The van der Waals surface area contributed by atoms with E-state index in [0.717, 1.165) is 5.56 Å². The van der Waals surface area contributed by atoms with Crippen LogP contribution in [0, 0.1) is 24.0 Å². The van der Waals surface area contributed by atoms with Gasteiger partial charge in [0.1, 0.15) is 5.75 Å². The van der Waals surface area contributed by atoms with Gasteiger partial charge in [0.05, 0.1) is 26.8 Å². The molecule has 1 amide bonds. The maximum atomic E-state index is 13.0. The van der Waals surface area contributed by atoms with Crippen LogP contribution >= 0.6 is 0 Å². The molecule has 178 valence electrons. The minimum Gasteiger partial charge on any atom is -0.484 e. The second kappa shape index (κ2) is 10.3. The quantitative estimate of drug-likeness (QED) is 0.355. The van der Waals surface area contributed by atoms with Gasteiger partial charge in [-0.05, 0) is 63.2 Å². The van der Waals surface area contributed by atoms with Crippen molar-refractivity contribution in [1.29, 1.82) is 0 Å². The molecular weight excluding hydrogens is 458 g/mol. The van der Waals surface area contributed by atoms with Gasteiger partial charge in [-0.15, -0.1) is 0 Å². The maximum absolute atomic E-state index is 13.0. The summed E-state index contributed by atoms with van der Waals surface area (Å²) in [6.45, 7) is 5.10. The number of nitro benzene ring substituents is 1. The monoisotopic (exact) mass is 483 g/mol. The third-order valence-electron chi connectivity index (χ3n) is 5.17. The summed E-state index contributed by atoms with van der Waals surface area (Å²) in [6, 6.07) is 17.4. The van der Waals surface area contributed by atoms with Gasteiger partial charge in [0.2, 0.25) is 0 Å². The van der Waals surface area contributed by atoms with Gasteiger partial charge in [0, 0.05) is 12.6 Å². The van der Waals surface area contributed by atoms with Gasteiger partial charge in [-0.1, -0.05) is 23.8 Å². The molecule has 0 aliphatic carbocycles. The molecule has 10 heteroatoms. The Hall–Kier alpha value is -3.92. The molecule has 0 fully saturated rings. The fourth-order valence-corrected chi connectivity index (χ4v) is 4.80. The van der Waals surface area contributed by atoms with Crippen molar-refractivity contribution >= 4 is 33.0 Å². The topological polar surface area (TPSA) is 119 Å². The summed E-state index contributed by atoms with van der Waals surface area (Å²) in [5, 5.41) is 13.7. The second-order valence-corrected chi connectivity index (χ2v) is 9.38. The predicted molar refractivity (Wildman–Crippen MR) is 130 cm³/mol. The highest BCUT2D eigenvalue weighted by atomic mass is 32.2. The summed E-state index contributed by atoms with van der Waals surface area (Å²) in [4.78, 5) is 23.0. The molecule has 1 N–H and O–H groups in total. The molecule has 0 heterocycles. The molecule has 0 bridgehead atoms. The first-order valence-corrected chi connectivity index (χ1v) is 11.9. The molecule has 0 saturated carbocycles. The molecule has 0 aromatic heterocycles. The predicted octanol–water partition coefficient (Wildman–Crippen LogP) is 4.44. The fourth-order valence-electron chi connectivity index (χ4n) is 3.33. The van der Waals surface area contributed by atoms with E-state index in [0.29, 0.717) is 22.7 Å². The largest absolute Gasteiger partial charge is 0.484 e. The van der Waals surface area contributed by atoms with E-state index < -0.39 is 20.9 Å². The van der Waals surface area contributed by atoms with Gasteiger partial charge in [-0.3, -0.25) is 19.2 Å². The summed E-state index contributed by atoms with van der Waals surface area (Å²) in [5.74, 6) is -0.108. The van der Waals surface area contributed by atoms with E-state index in [4.69, 9.17) is 4.74 Å². The van der Waals surface area contributed by atoms with Crippen LogP contribution in [0.5, 0.6) is 5.75 Å². The molecule has 0 aliphatic heterocycles. The van der Waals surface area contributed by atoms with E-state index in [2.05, 4.69) is 5.32 Å². The van der Waals surface area contributed by atoms with Gasteiger partial charge >= 0.3 is 0 Å². The number of aryl methyl sites for hydroxylation is 1. The van der Waals surface area contributed by atoms with E-state index in [1.54, 1.807) is 68.4 Å². The van der Waals surface area contributed by atoms with Gasteiger partial charge < -0.3 is 10.1 Å². The van der Waals surface area contributed by atoms with Crippen molar-refractivity contribution < 1.29 is 22.9 Å². The summed E-state index contributed by atoms with van der Waals surface area (Å²) in [6.07, 6.45) is 0. The van der Waals surface area contributed by atoms with Crippen molar-refractivity contribution in [2.75, 3.05) is 22.8 Å². The number of rotatable bonds is 9. The number of hydrogen-bond donors (Lipinski definition) is 1. The molecule has 0 spiro atoms. The Morgan fingerprint density at radius 2 is 1.68 bits per heavy atom. The van der Waals surface area contributed by atoms with E-state index >= 15 is 0 Å². The van der Waals surface area contributed by atoms with Crippen molar-refractivity contribution in [1.82, 2.24) is 0 Å². The van der Waals surface area contributed by atoms with E-state index in [1.165, 1.54) is 16.4 Å². The van der Waals surface area contributed by atoms with E-state index in [9.17, 15) is 23.3 Å². The Kier molecular flexibility index (Phi) is 7.52. The van der Waals surface area contributed by atoms with Crippen molar-refractivity contribution in [2.45, 2.75) is 25.7 Å². The van der Waals surface area contributed by atoms with Gasteiger partial charge in [-0.2, -0.15) is 0 Å². The second-order valence-electron chi connectivity index (χ2n) is 7.52. The number of hydrogen-bond acceptors (Lipinski definition) is 6. The van der Waals surface area contributed by atoms with Crippen LogP contribution in [0.15, 0.2) is 71.6 Å². The molecule has 3 rings (SSSR count). The zero-order valence-electron chi connectivity index (χ0n) is 19.0. The zero-order chi connectivity index (χ0) is 24.9. The molecular formula is C24H25N3O6S. The average Bonchev–Trinajstić information content (AvgIpc) is 2.80. The maximum Gasteiger partial charge on any atom is 0.274 e. The lowest BCUT2D eigenvalue weighted by atomic mass is 10.1. The zero-order valence-corrected chi connectivity index (χ0v) is 19.8. The van der Waals surface area contributed by atoms with Crippen LogP contribution in [0.3, 0.4) is 0 Å². The number of carbonyl (C=O) groups is 1. The van der Waals surface area contributed by atoms with Crippen LogP contribution in [0.2, 0.25) is 0 Å². The van der Waals surface area contributed by atoms with Gasteiger partial charge in [0.25, 0.3) is 21.6 Å². The summed E-state index contributed by atoms with van der Waals surface area (Å²) in [7, 11) is -3.73. The molecule has 9 nitrogen and oxygen atoms in total. The lowest BCUT2D eigenvalue weighted by molar-refractivity contribution is -0.385. The number of anilines is 2. The van der Waals surface area contributed by atoms with Gasteiger partial charge in [0.15, 0.2) is 6.61 Å². The molecule has 3 aromatic rings. The van der Waals surface area contributed by atoms with Crippen molar-refractivity contribution in [3.63, 3.8) is 0 Å². The van der Waals surface area contributed by atoms with Crippen LogP contribution in [-0.4, -0.2) is 32.4 Å². The standard InChI is InChI=1S/C24H25N3O6S/c1-4-26(34(31,32)21-14-8-17(2)9-15-21)19-10-12-20(13-11-19)33-16-24(28)25-22-6-5-7-23(18(22)3)27(29)30/h5-15H,4,16H2,1-3H3,(H,25,28). The Bertz CT molecular complexity index is 1290. The first-order chi connectivity index (χ1) is 16.1. The molecule has 0 unspecified atom stereocenters. The first-order valence-electron chi connectivity index (χ1n) is 10.5. The highest BCUT2D eigenvalue weighted by Gasteiger charge is 2.23. The number of nitrogens with zero attached hydrogens (tertiary/aromatic N) is 2. The van der Waals surface area contributed by atoms with Crippen LogP contribution in [0.4, 0.5) is 17.1 Å². The number of ether oxygens (including phenoxy) is 1. The average molecular weight is 484 g/mol. The summed E-state index contributed by atoms with van der Waals surface area (Å²) >= 11 is 0. The Morgan fingerprint density at radius 3 is 2.26 bits per heavy atom. The van der Waals surface area contributed by atoms with Gasteiger partial charge in [-0.25, -0.2) is 8.42 Å². The first kappa shape index (κ1) is 24.7. The van der Waals surface area contributed by atoms with E-state index in [-0.39, 0.29) is 23.7 Å². The smallest absolute Gasteiger partial charge is 0.274 e. The molecule has 0 atom stereocenters. The van der Waals surface area contributed by atoms with Crippen molar-refractivity contribution in [2.24, 2.45) is 0 Å². The minimum absolute atomic E-state index is 0.0876. The minimum atomic E-state index is -3.73. The Morgan fingerprint density at radius 1 is 1.03 bits per heavy atom. The third kappa shape index (κ3) is 5.52. The molecule has 3 aromatic carbocycles. The summed E-state index contributed by atoms with van der Waals surface area (Å²) in [5.41, 5.74) is 2.02. The summed E-state index contributed by atoms with van der Waals surface area (Å²) < 4.78 is 32.9. The number of nitrogens with one attached hydrogen (secondary N) is 1. The van der Waals surface area contributed by atoms with E-state index in [1.807, 2.05) is 6.92 Å². The number of carbonyl (C=O) groups excluding carboxylic acids is 1. The highest BCUT2D eigenvalue weighted by molar-refractivity contribution is 7.92. The Labute approximate surface area is 198 Å². The number of benzene rings is 3. The number of amides is 1. The lowest BCUT2D eigenvalue weighted by Crippen LogP contribution is -2.30. The Balaban J connectivity index is 1.66. The SMILES string of the molecule is CCN(c1ccc(OCC(=O)Nc2cccc([N+](=O)[O-])c2C)cc1)S(=O)(=O)c1ccc(C)cc1. The normalized spacial score (nSPS) is 11.0. The van der Waals surface area contributed by atoms with Crippen molar-refractivity contribution in [3.05, 3.63) is 88.0 Å².